The van der Waals surface area contributed by atoms with Crippen LogP contribution in [0.15, 0.2) is 0 Å². The van der Waals surface area contributed by atoms with Crippen LogP contribution in [0.3, 0.4) is 0 Å². The van der Waals surface area contributed by atoms with Crippen molar-refractivity contribution >= 4 is 22.5 Å². The van der Waals surface area contributed by atoms with E-state index in [0.29, 0.717) is 3.43 Å². The molecule has 0 spiro atoms. The zero-order chi connectivity index (χ0) is 13.1. The Morgan fingerprint density at radius 2 is 1.29 bits per heavy atom. The molecule has 0 rings (SSSR count). The molecule has 17 heavy (non-hydrogen) atoms. The molecular formula is C16H33Sn. The van der Waals surface area contributed by atoms with Gasteiger partial charge in [-0.15, -0.1) is 0 Å². The van der Waals surface area contributed by atoms with Crippen molar-refractivity contribution in [1.29, 1.82) is 0 Å². The monoisotopic (exact) mass is 345 g/mol. The SMILES string of the molecule is CCCCC(CC)[C]([Sn])(CCCC)CCCC. The predicted octanol–water partition coefficient (Wildman–Crippen LogP) is 5.91. The van der Waals surface area contributed by atoms with Crippen LogP contribution in [0.25, 0.3) is 0 Å². The van der Waals surface area contributed by atoms with E-state index in [2.05, 4.69) is 27.7 Å². The van der Waals surface area contributed by atoms with Gasteiger partial charge in [0.15, 0.2) is 0 Å². The van der Waals surface area contributed by atoms with Gasteiger partial charge in [0.1, 0.15) is 0 Å². The third kappa shape index (κ3) is 7.08. The molecule has 0 aromatic carbocycles. The second-order valence-corrected chi connectivity index (χ2v) is 8.45. The molecule has 0 aromatic heterocycles. The van der Waals surface area contributed by atoms with Gasteiger partial charge in [0.2, 0.25) is 0 Å². The van der Waals surface area contributed by atoms with Gasteiger partial charge in [0, 0.05) is 0 Å². The average Bonchev–Trinajstić information content (AvgIpc) is 2.35. The summed E-state index contributed by atoms with van der Waals surface area (Å²) in [6, 6.07) is 0. The van der Waals surface area contributed by atoms with Crippen LogP contribution in [-0.2, 0) is 0 Å². The normalized spacial score (nSPS) is 13.9. The summed E-state index contributed by atoms with van der Waals surface area (Å²) in [7, 11) is 0. The summed E-state index contributed by atoms with van der Waals surface area (Å²) in [6.45, 7) is 9.42. The Balaban J connectivity index is 4.46. The summed E-state index contributed by atoms with van der Waals surface area (Å²) in [5.74, 6) is 0.999. The third-order valence-electron chi connectivity index (χ3n) is 4.13. The quantitative estimate of drug-likeness (QED) is 0.409. The van der Waals surface area contributed by atoms with Gasteiger partial charge in [-0.05, 0) is 0 Å². The molecule has 0 saturated heterocycles. The van der Waals surface area contributed by atoms with Crippen LogP contribution >= 0.6 is 0 Å². The molecule has 0 aliphatic carbocycles. The van der Waals surface area contributed by atoms with E-state index in [-0.39, 0.29) is 0 Å². The molecule has 0 aromatic rings. The van der Waals surface area contributed by atoms with Crippen LogP contribution in [0.1, 0.15) is 91.9 Å². The fraction of sp³-hybridized carbons (Fsp3) is 1.00. The number of unbranched alkanes of at least 4 members (excludes halogenated alkanes) is 3. The van der Waals surface area contributed by atoms with E-state index in [1.807, 2.05) is 22.5 Å². The molecule has 3 radical (unpaired) electrons. The first-order chi connectivity index (χ1) is 8.14. The minimum atomic E-state index is 0.711. The van der Waals surface area contributed by atoms with Gasteiger partial charge in [-0.3, -0.25) is 0 Å². The van der Waals surface area contributed by atoms with E-state index < -0.39 is 0 Å². The van der Waals surface area contributed by atoms with Crippen LogP contribution < -0.4 is 0 Å². The van der Waals surface area contributed by atoms with Crippen molar-refractivity contribution in [2.24, 2.45) is 5.92 Å². The molecule has 1 atom stereocenters. The van der Waals surface area contributed by atoms with E-state index >= 15 is 0 Å². The molecule has 1 unspecified atom stereocenters. The van der Waals surface area contributed by atoms with Gasteiger partial charge in [-0.1, -0.05) is 0 Å². The van der Waals surface area contributed by atoms with Crippen molar-refractivity contribution in [3.63, 3.8) is 0 Å². The molecule has 0 aliphatic rings. The Kier molecular flexibility index (Phi) is 11.2. The molecule has 0 heterocycles. The van der Waals surface area contributed by atoms with Crippen LogP contribution in [0, 0.1) is 5.92 Å². The predicted molar refractivity (Wildman–Crippen MR) is 80.8 cm³/mol. The third-order valence-corrected chi connectivity index (χ3v) is 6.73. The summed E-state index contributed by atoms with van der Waals surface area (Å²) >= 11 is 1.82. The summed E-state index contributed by atoms with van der Waals surface area (Å²) < 4.78 is 0.711. The standard InChI is InChI=1S/C16H33.Sn/c1-5-9-12-15(8-4)16(13-10-6-2)14-11-7-3;/h15H,5-14H2,1-4H3;. The fourth-order valence-corrected chi connectivity index (χ4v) is 4.84. The van der Waals surface area contributed by atoms with Crippen LogP contribution in [0.4, 0.5) is 0 Å². The number of rotatable bonds is 11. The van der Waals surface area contributed by atoms with Crippen molar-refractivity contribution in [2.75, 3.05) is 0 Å². The van der Waals surface area contributed by atoms with Crippen LogP contribution in [0.5, 0.6) is 0 Å². The first-order valence-corrected chi connectivity index (χ1v) is 9.32. The zero-order valence-corrected chi connectivity index (χ0v) is 15.5. The van der Waals surface area contributed by atoms with Crippen molar-refractivity contribution in [3.05, 3.63) is 0 Å². The van der Waals surface area contributed by atoms with Gasteiger partial charge < -0.3 is 0 Å². The van der Waals surface area contributed by atoms with E-state index in [1.54, 1.807) is 0 Å². The Morgan fingerprint density at radius 1 is 0.824 bits per heavy atom. The van der Waals surface area contributed by atoms with E-state index in [0.717, 1.165) is 5.92 Å². The summed E-state index contributed by atoms with van der Waals surface area (Å²) in [6.07, 6.45) is 14.3. The van der Waals surface area contributed by atoms with E-state index in [9.17, 15) is 0 Å². The summed E-state index contributed by atoms with van der Waals surface area (Å²) in [5, 5.41) is 0. The second-order valence-electron chi connectivity index (χ2n) is 5.61. The van der Waals surface area contributed by atoms with Gasteiger partial charge >= 0.3 is 124 Å². The first-order valence-electron chi connectivity index (χ1n) is 7.89. The molecule has 0 aliphatic heterocycles. The van der Waals surface area contributed by atoms with Crippen LogP contribution in [0.2, 0.25) is 3.43 Å². The van der Waals surface area contributed by atoms with Crippen molar-refractivity contribution < 1.29 is 0 Å². The summed E-state index contributed by atoms with van der Waals surface area (Å²) in [4.78, 5) is 0. The molecule has 101 valence electrons. The molecule has 0 amide bonds. The summed E-state index contributed by atoms with van der Waals surface area (Å²) in [5.41, 5.74) is 0. The number of hydrogen-bond donors (Lipinski definition) is 0. The zero-order valence-electron chi connectivity index (χ0n) is 12.6. The van der Waals surface area contributed by atoms with Gasteiger partial charge in [-0.2, -0.15) is 0 Å². The first kappa shape index (κ1) is 17.8. The molecule has 0 bridgehead atoms. The Hall–Kier alpha value is 0.799. The maximum atomic E-state index is 2.41. The Morgan fingerprint density at radius 3 is 1.65 bits per heavy atom. The maximum absolute atomic E-state index is 2.41. The molecule has 0 fully saturated rings. The van der Waals surface area contributed by atoms with Crippen molar-refractivity contribution in [2.45, 2.75) is 95.3 Å². The van der Waals surface area contributed by atoms with Gasteiger partial charge in [0.05, 0.1) is 0 Å². The van der Waals surface area contributed by atoms with Crippen molar-refractivity contribution in [1.82, 2.24) is 0 Å². The van der Waals surface area contributed by atoms with Gasteiger partial charge in [0.25, 0.3) is 0 Å². The van der Waals surface area contributed by atoms with E-state index in [1.165, 1.54) is 64.2 Å². The molecule has 0 saturated carbocycles. The minimum absolute atomic E-state index is 0.711. The number of hydrogen-bond acceptors (Lipinski definition) is 0. The van der Waals surface area contributed by atoms with Crippen molar-refractivity contribution in [3.8, 4) is 0 Å². The van der Waals surface area contributed by atoms with E-state index in [4.69, 9.17) is 0 Å². The fourth-order valence-electron chi connectivity index (χ4n) is 2.84. The molecular weight excluding hydrogens is 311 g/mol. The average molecular weight is 344 g/mol. The topological polar surface area (TPSA) is 0 Å². The Bertz CT molecular complexity index is 157. The second kappa shape index (κ2) is 10.7. The van der Waals surface area contributed by atoms with Gasteiger partial charge in [-0.25, -0.2) is 0 Å². The Labute approximate surface area is 123 Å². The molecule has 0 nitrogen and oxygen atoms in total. The molecule has 1 heteroatoms. The molecule has 0 N–H and O–H groups in total. The van der Waals surface area contributed by atoms with Crippen LogP contribution in [-0.4, -0.2) is 22.5 Å².